The highest BCUT2D eigenvalue weighted by molar-refractivity contribution is 9.10. The predicted molar refractivity (Wildman–Crippen MR) is 138 cm³/mol. The second-order valence-electron chi connectivity index (χ2n) is 7.55. The van der Waals surface area contributed by atoms with Gasteiger partial charge in [-0.2, -0.15) is 5.26 Å². The molecule has 0 heterocycles. The number of fused-ring (bicyclic) bond motifs is 1. The molecule has 0 spiro atoms. The van der Waals surface area contributed by atoms with E-state index in [0.717, 1.165) is 15.2 Å². The van der Waals surface area contributed by atoms with Gasteiger partial charge in [0.1, 0.15) is 24.0 Å². The summed E-state index contributed by atoms with van der Waals surface area (Å²) >= 11 is 3.35. The van der Waals surface area contributed by atoms with Gasteiger partial charge in [-0.15, -0.1) is 0 Å². The van der Waals surface area contributed by atoms with E-state index in [2.05, 4.69) is 21.2 Å². The van der Waals surface area contributed by atoms with Crippen LogP contribution in [0.25, 0.3) is 16.8 Å². The minimum Gasteiger partial charge on any atom is -0.488 e. The van der Waals surface area contributed by atoms with E-state index < -0.39 is 10.8 Å². The lowest BCUT2D eigenvalue weighted by Crippen LogP contribution is -2.13. The predicted octanol–water partition coefficient (Wildman–Crippen LogP) is 6.64. The van der Waals surface area contributed by atoms with Gasteiger partial charge < -0.3 is 10.1 Å². The van der Waals surface area contributed by atoms with Crippen molar-refractivity contribution in [2.45, 2.75) is 6.61 Å². The number of hydrogen-bond acceptors (Lipinski definition) is 5. The minimum absolute atomic E-state index is 0.0267. The van der Waals surface area contributed by atoms with Crippen molar-refractivity contribution < 1.29 is 14.5 Å². The van der Waals surface area contributed by atoms with Crippen LogP contribution in [0.3, 0.4) is 0 Å². The zero-order chi connectivity index (χ0) is 24.8. The smallest absolute Gasteiger partial charge is 0.269 e. The zero-order valence-electron chi connectivity index (χ0n) is 18.3. The van der Waals surface area contributed by atoms with Crippen LogP contribution in [0.15, 0.2) is 95.0 Å². The Morgan fingerprint density at radius 3 is 2.57 bits per heavy atom. The third-order valence-electron chi connectivity index (χ3n) is 5.20. The molecule has 4 aromatic carbocycles. The molecule has 172 valence electrons. The topological polar surface area (TPSA) is 105 Å². The molecule has 35 heavy (non-hydrogen) atoms. The number of non-ortho nitro benzene ring substituents is 1. The standard InChI is InChI=1S/C27H18BrN3O4/c28-21-9-11-22(12-10-21)30-27(32)20(16-29)15-25-24-7-2-1-5-19(24)8-13-26(25)35-17-18-4-3-6-23(14-18)31(33)34/h1-15H,17H2,(H,30,32)/b20-15+. The SMILES string of the molecule is N#C/C(=C\c1c(OCc2cccc([N+](=O)[O-])c2)ccc2ccccc12)C(=O)Nc1ccc(Br)cc1. The Kier molecular flexibility index (Phi) is 7.19. The van der Waals surface area contributed by atoms with E-state index in [4.69, 9.17) is 4.74 Å². The Morgan fingerprint density at radius 2 is 1.83 bits per heavy atom. The van der Waals surface area contributed by atoms with Crippen LogP contribution in [-0.4, -0.2) is 10.8 Å². The van der Waals surface area contributed by atoms with E-state index in [1.165, 1.54) is 18.2 Å². The Labute approximate surface area is 209 Å². The first-order valence-corrected chi connectivity index (χ1v) is 11.3. The average molecular weight is 528 g/mol. The molecule has 8 heteroatoms. The Morgan fingerprint density at radius 1 is 1.06 bits per heavy atom. The fourth-order valence-corrected chi connectivity index (χ4v) is 3.76. The number of anilines is 1. The van der Waals surface area contributed by atoms with E-state index in [-0.39, 0.29) is 17.9 Å². The lowest BCUT2D eigenvalue weighted by Gasteiger charge is -2.13. The molecule has 7 nitrogen and oxygen atoms in total. The second kappa shape index (κ2) is 10.6. The molecule has 0 saturated carbocycles. The highest BCUT2D eigenvalue weighted by atomic mass is 79.9. The monoisotopic (exact) mass is 527 g/mol. The molecule has 4 aromatic rings. The van der Waals surface area contributed by atoms with Crippen molar-refractivity contribution in [2.75, 3.05) is 5.32 Å². The molecule has 1 amide bonds. The number of nitrogens with zero attached hydrogens (tertiary/aromatic N) is 2. The number of benzene rings is 4. The van der Waals surface area contributed by atoms with Gasteiger partial charge in [0.15, 0.2) is 0 Å². The number of nitriles is 1. The van der Waals surface area contributed by atoms with E-state index in [1.807, 2.05) is 36.4 Å². The molecule has 0 radical (unpaired) electrons. The number of carbonyl (C=O) groups excluding carboxylic acids is 1. The molecule has 0 saturated heterocycles. The van der Waals surface area contributed by atoms with Crippen LogP contribution in [0.1, 0.15) is 11.1 Å². The van der Waals surface area contributed by atoms with Gasteiger partial charge >= 0.3 is 0 Å². The van der Waals surface area contributed by atoms with Crippen molar-refractivity contribution in [1.29, 1.82) is 5.26 Å². The molecule has 0 bridgehead atoms. The Balaban J connectivity index is 1.68. The first-order valence-electron chi connectivity index (χ1n) is 10.5. The van der Waals surface area contributed by atoms with Crippen molar-refractivity contribution in [1.82, 2.24) is 0 Å². The Bertz CT molecular complexity index is 1490. The summed E-state index contributed by atoms with van der Waals surface area (Å²) in [5, 5.41) is 25.3. The van der Waals surface area contributed by atoms with E-state index in [0.29, 0.717) is 22.6 Å². The third-order valence-corrected chi connectivity index (χ3v) is 5.73. The molecule has 0 atom stereocenters. The number of nitrogens with one attached hydrogen (secondary N) is 1. The number of nitro benzene ring substituents is 1. The molecular weight excluding hydrogens is 510 g/mol. The van der Waals surface area contributed by atoms with Crippen LogP contribution in [-0.2, 0) is 11.4 Å². The lowest BCUT2D eigenvalue weighted by atomic mass is 10.0. The van der Waals surface area contributed by atoms with Gasteiger partial charge in [-0.05, 0) is 52.7 Å². The van der Waals surface area contributed by atoms with E-state index in [9.17, 15) is 20.2 Å². The van der Waals surface area contributed by atoms with Gasteiger partial charge in [-0.25, -0.2) is 0 Å². The van der Waals surface area contributed by atoms with Crippen molar-refractivity contribution in [2.24, 2.45) is 0 Å². The number of nitro groups is 1. The van der Waals surface area contributed by atoms with Gasteiger partial charge in [0.05, 0.1) is 4.92 Å². The zero-order valence-corrected chi connectivity index (χ0v) is 19.9. The number of halogens is 1. The maximum Gasteiger partial charge on any atom is 0.269 e. The van der Waals surface area contributed by atoms with Crippen LogP contribution >= 0.6 is 15.9 Å². The maximum absolute atomic E-state index is 12.8. The molecular formula is C27H18BrN3O4. The number of hydrogen-bond donors (Lipinski definition) is 1. The van der Waals surface area contributed by atoms with Crippen LogP contribution in [0.5, 0.6) is 5.75 Å². The maximum atomic E-state index is 12.8. The number of ether oxygens (including phenoxy) is 1. The van der Waals surface area contributed by atoms with Gasteiger partial charge in [0.25, 0.3) is 11.6 Å². The van der Waals surface area contributed by atoms with Crippen molar-refractivity contribution >= 4 is 50.1 Å². The summed E-state index contributed by atoms with van der Waals surface area (Å²) in [7, 11) is 0. The Hall–Kier alpha value is -4.48. The second-order valence-corrected chi connectivity index (χ2v) is 8.46. The average Bonchev–Trinajstić information content (AvgIpc) is 2.87. The summed E-state index contributed by atoms with van der Waals surface area (Å²) in [6.07, 6.45) is 1.50. The molecule has 1 N–H and O–H groups in total. The highest BCUT2D eigenvalue weighted by Gasteiger charge is 2.14. The summed E-state index contributed by atoms with van der Waals surface area (Å²) in [5.74, 6) is -0.105. The third kappa shape index (κ3) is 5.72. The fourth-order valence-electron chi connectivity index (χ4n) is 3.50. The molecule has 0 aliphatic carbocycles. The summed E-state index contributed by atoms with van der Waals surface area (Å²) in [6, 6.07) is 26.4. The van der Waals surface area contributed by atoms with Gasteiger partial charge in [0, 0.05) is 27.9 Å². The lowest BCUT2D eigenvalue weighted by molar-refractivity contribution is -0.384. The fraction of sp³-hybridized carbons (Fsp3) is 0.0370. The highest BCUT2D eigenvalue weighted by Crippen LogP contribution is 2.31. The van der Waals surface area contributed by atoms with E-state index >= 15 is 0 Å². The largest absolute Gasteiger partial charge is 0.488 e. The molecule has 4 rings (SSSR count). The van der Waals surface area contributed by atoms with Crippen molar-refractivity contribution in [3.63, 3.8) is 0 Å². The summed E-state index contributed by atoms with van der Waals surface area (Å²) < 4.78 is 6.88. The molecule has 0 fully saturated rings. The van der Waals surface area contributed by atoms with Gasteiger partial charge in [-0.3, -0.25) is 14.9 Å². The van der Waals surface area contributed by atoms with Crippen molar-refractivity contribution in [3.05, 3.63) is 116 Å². The van der Waals surface area contributed by atoms with Crippen molar-refractivity contribution in [3.8, 4) is 11.8 Å². The number of carbonyl (C=O) groups is 1. The number of amides is 1. The van der Waals surface area contributed by atoms with Crippen LogP contribution in [0.4, 0.5) is 11.4 Å². The first kappa shape index (κ1) is 23.7. The molecule has 0 aromatic heterocycles. The summed E-state index contributed by atoms with van der Waals surface area (Å²) in [5.41, 5.74) is 1.62. The summed E-state index contributed by atoms with van der Waals surface area (Å²) in [4.78, 5) is 23.5. The van der Waals surface area contributed by atoms with Crippen LogP contribution in [0.2, 0.25) is 0 Å². The normalized spacial score (nSPS) is 11.0. The molecule has 0 unspecified atom stereocenters. The van der Waals surface area contributed by atoms with Gasteiger partial charge in [-0.1, -0.05) is 58.4 Å². The van der Waals surface area contributed by atoms with Crippen LogP contribution in [0, 0.1) is 21.4 Å². The van der Waals surface area contributed by atoms with E-state index in [1.54, 1.807) is 42.5 Å². The van der Waals surface area contributed by atoms with Crippen LogP contribution < -0.4 is 10.1 Å². The molecule has 0 aliphatic rings. The summed E-state index contributed by atoms with van der Waals surface area (Å²) in [6.45, 7) is 0.0772. The minimum atomic E-state index is -0.549. The number of rotatable bonds is 7. The first-order chi connectivity index (χ1) is 16.9. The quantitative estimate of drug-likeness (QED) is 0.125. The van der Waals surface area contributed by atoms with Gasteiger partial charge in [0.2, 0.25) is 0 Å². The molecule has 0 aliphatic heterocycles.